The van der Waals surface area contributed by atoms with Gasteiger partial charge in [0.1, 0.15) is 17.2 Å². The maximum absolute atomic E-state index is 13.3. The fourth-order valence-corrected chi connectivity index (χ4v) is 4.39. The Labute approximate surface area is 241 Å². The second-order valence-corrected chi connectivity index (χ2v) is 9.36. The minimum absolute atomic E-state index is 0.295. The van der Waals surface area contributed by atoms with E-state index in [0.29, 0.717) is 50.4 Å². The third kappa shape index (κ3) is 6.34. The topological polar surface area (TPSA) is 101 Å². The van der Waals surface area contributed by atoms with Crippen molar-refractivity contribution in [3.8, 4) is 11.5 Å². The number of carbonyl (C=O) groups is 2. The summed E-state index contributed by atoms with van der Waals surface area (Å²) in [5.41, 5.74) is 2.69. The smallest absolute Gasteiger partial charge is 0.255 e. The minimum Gasteiger partial charge on any atom is -0.495 e. The molecule has 0 aliphatic rings. The van der Waals surface area contributed by atoms with Gasteiger partial charge < -0.3 is 20.1 Å². The molecule has 0 spiro atoms. The van der Waals surface area contributed by atoms with Gasteiger partial charge in [0.2, 0.25) is 0 Å². The van der Waals surface area contributed by atoms with E-state index in [1.807, 2.05) is 42.5 Å². The van der Waals surface area contributed by atoms with Gasteiger partial charge in [-0.2, -0.15) is 0 Å². The van der Waals surface area contributed by atoms with Gasteiger partial charge in [-0.05, 0) is 66.0 Å². The van der Waals surface area contributed by atoms with Crippen LogP contribution in [0.4, 0.5) is 22.7 Å². The summed E-state index contributed by atoms with van der Waals surface area (Å²) in [4.78, 5) is 26.2. The molecule has 2 amide bonds. The predicted molar refractivity (Wildman–Crippen MR) is 161 cm³/mol. The highest BCUT2D eigenvalue weighted by Crippen LogP contribution is 2.34. The highest BCUT2D eigenvalue weighted by atomic mass is 35.5. The first-order valence-electron chi connectivity index (χ1n) is 12.6. The van der Waals surface area contributed by atoms with Crippen LogP contribution < -0.4 is 20.1 Å². The summed E-state index contributed by atoms with van der Waals surface area (Å²) in [5.74, 6) is 0.254. The number of azo groups is 1. The summed E-state index contributed by atoms with van der Waals surface area (Å²) in [5, 5.41) is 16.7. The van der Waals surface area contributed by atoms with Crippen molar-refractivity contribution in [3.63, 3.8) is 0 Å². The summed E-state index contributed by atoms with van der Waals surface area (Å²) < 4.78 is 10.8. The van der Waals surface area contributed by atoms with E-state index >= 15 is 0 Å². The molecule has 0 atom stereocenters. The third-order valence-corrected chi connectivity index (χ3v) is 6.49. The van der Waals surface area contributed by atoms with Crippen LogP contribution in [0.5, 0.6) is 11.5 Å². The monoisotopic (exact) mass is 564 g/mol. The lowest BCUT2D eigenvalue weighted by Crippen LogP contribution is -2.12. The van der Waals surface area contributed by atoms with Gasteiger partial charge >= 0.3 is 0 Å². The first-order chi connectivity index (χ1) is 19.9. The molecule has 5 rings (SSSR count). The average Bonchev–Trinajstić information content (AvgIpc) is 3.00. The molecular formula is C32H25ClN4O4. The number of methoxy groups -OCH3 is 2. The summed E-state index contributed by atoms with van der Waals surface area (Å²) >= 11 is 6.13. The van der Waals surface area contributed by atoms with Gasteiger partial charge in [0.15, 0.2) is 0 Å². The maximum atomic E-state index is 13.3. The van der Waals surface area contributed by atoms with Crippen molar-refractivity contribution >= 4 is 56.9 Å². The molecule has 2 N–H and O–H groups in total. The van der Waals surface area contributed by atoms with Crippen molar-refractivity contribution in [2.75, 3.05) is 24.9 Å². The number of ether oxygens (including phenoxy) is 2. The number of rotatable bonds is 8. The van der Waals surface area contributed by atoms with Crippen LogP contribution in [0.25, 0.3) is 10.8 Å². The molecule has 41 heavy (non-hydrogen) atoms. The molecule has 0 unspecified atom stereocenters. The molecule has 0 aliphatic carbocycles. The summed E-state index contributed by atoms with van der Waals surface area (Å²) in [7, 11) is 3.03. The number of hydrogen-bond acceptors (Lipinski definition) is 6. The first-order valence-corrected chi connectivity index (χ1v) is 13.0. The van der Waals surface area contributed by atoms with Crippen LogP contribution in [0.15, 0.2) is 113 Å². The largest absolute Gasteiger partial charge is 0.495 e. The minimum atomic E-state index is -0.370. The van der Waals surface area contributed by atoms with Crippen molar-refractivity contribution in [1.29, 1.82) is 0 Å². The Morgan fingerprint density at radius 2 is 1.32 bits per heavy atom. The molecule has 8 nitrogen and oxygen atoms in total. The number of nitrogens with one attached hydrogen (secondary N) is 2. The van der Waals surface area contributed by atoms with Crippen molar-refractivity contribution < 1.29 is 19.1 Å². The van der Waals surface area contributed by atoms with Crippen LogP contribution in [0.2, 0.25) is 5.02 Å². The van der Waals surface area contributed by atoms with Gasteiger partial charge in [-0.25, -0.2) is 0 Å². The number of fused-ring (bicyclic) bond motifs is 1. The first kappa shape index (κ1) is 27.4. The van der Waals surface area contributed by atoms with Crippen molar-refractivity contribution in [3.05, 3.63) is 119 Å². The molecule has 5 aromatic carbocycles. The molecule has 0 heterocycles. The Balaban J connectivity index is 1.48. The molecule has 5 aromatic rings. The number of anilines is 2. The highest BCUT2D eigenvalue weighted by molar-refractivity contribution is 6.31. The van der Waals surface area contributed by atoms with E-state index in [9.17, 15) is 9.59 Å². The van der Waals surface area contributed by atoms with E-state index in [0.717, 1.165) is 10.8 Å². The fourth-order valence-electron chi connectivity index (χ4n) is 4.22. The van der Waals surface area contributed by atoms with E-state index in [1.165, 1.54) is 14.2 Å². The lowest BCUT2D eigenvalue weighted by Gasteiger charge is -2.12. The van der Waals surface area contributed by atoms with Crippen LogP contribution >= 0.6 is 11.6 Å². The fraction of sp³-hybridized carbons (Fsp3) is 0.0625. The van der Waals surface area contributed by atoms with Crippen molar-refractivity contribution in [2.45, 2.75) is 0 Å². The van der Waals surface area contributed by atoms with Crippen LogP contribution in [0, 0.1) is 0 Å². The van der Waals surface area contributed by atoms with E-state index in [2.05, 4.69) is 20.9 Å². The van der Waals surface area contributed by atoms with Crippen molar-refractivity contribution in [1.82, 2.24) is 0 Å². The average molecular weight is 565 g/mol. The molecule has 0 aliphatic heterocycles. The number of carbonyl (C=O) groups excluding carboxylic acids is 2. The standard InChI is InChI=1S/C32H25ClN4O4/c1-40-29-15-13-23(33)19-27(29)35-32(39)22-16-20-8-6-7-11-25(20)26(18-22)36-37-28-17-21(12-14-30(28)41-2)31(38)34-24-9-4-3-5-10-24/h3-19H,1-2H3,(H,34,38)(H,35,39)/b37-36+. The number of nitrogens with zero attached hydrogens (tertiary/aromatic N) is 2. The Bertz CT molecular complexity index is 1770. The van der Waals surface area contributed by atoms with Crippen molar-refractivity contribution in [2.24, 2.45) is 10.2 Å². The van der Waals surface area contributed by atoms with Gasteiger partial charge in [0, 0.05) is 27.2 Å². The maximum Gasteiger partial charge on any atom is 0.255 e. The van der Waals surface area contributed by atoms with Crippen LogP contribution in [0.1, 0.15) is 20.7 Å². The van der Waals surface area contributed by atoms with Gasteiger partial charge in [-0.3, -0.25) is 9.59 Å². The Morgan fingerprint density at radius 3 is 2.10 bits per heavy atom. The summed E-state index contributed by atoms with van der Waals surface area (Å²) in [6.07, 6.45) is 0. The number of hydrogen-bond donors (Lipinski definition) is 2. The Kier molecular flexibility index (Phi) is 8.22. The molecule has 9 heteroatoms. The highest BCUT2D eigenvalue weighted by Gasteiger charge is 2.15. The number of para-hydroxylation sites is 1. The number of benzene rings is 5. The molecule has 0 fully saturated rings. The zero-order chi connectivity index (χ0) is 28.8. The zero-order valence-electron chi connectivity index (χ0n) is 22.2. The lowest BCUT2D eigenvalue weighted by molar-refractivity contribution is 0.101. The summed E-state index contributed by atoms with van der Waals surface area (Å²) in [6.45, 7) is 0. The van der Waals surface area contributed by atoms with E-state index in [-0.39, 0.29) is 11.8 Å². The van der Waals surface area contributed by atoms with Crippen LogP contribution in [0.3, 0.4) is 0 Å². The SMILES string of the molecule is COc1ccc(C(=O)Nc2ccccc2)cc1/N=N/c1cc(C(=O)Nc2cc(Cl)ccc2OC)cc2ccccc12. The molecule has 0 radical (unpaired) electrons. The normalized spacial score (nSPS) is 10.9. The van der Waals surface area contributed by atoms with Gasteiger partial charge in [-0.1, -0.05) is 54.1 Å². The number of amides is 2. The molecule has 0 saturated heterocycles. The van der Waals surface area contributed by atoms with Gasteiger partial charge in [-0.15, -0.1) is 10.2 Å². The third-order valence-electron chi connectivity index (χ3n) is 6.25. The second-order valence-electron chi connectivity index (χ2n) is 8.92. The summed E-state index contributed by atoms with van der Waals surface area (Å²) in [6, 6.07) is 30.0. The lowest BCUT2D eigenvalue weighted by atomic mass is 10.0. The van der Waals surface area contributed by atoms with Crippen LogP contribution in [-0.2, 0) is 0 Å². The van der Waals surface area contributed by atoms with E-state index < -0.39 is 0 Å². The van der Waals surface area contributed by atoms with E-state index in [4.69, 9.17) is 21.1 Å². The quantitative estimate of drug-likeness (QED) is 0.185. The molecule has 0 bridgehead atoms. The predicted octanol–water partition coefficient (Wildman–Crippen LogP) is 8.43. The zero-order valence-corrected chi connectivity index (χ0v) is 23.0. The molecule has 204 valence electrons. The molecule has 0 aromatic heterocycles. The van der Waals surface area contributed by atoms with E-state index in [1.54, 1.807) is 60.7 Å². The molecular weight excluding hydrogens is 540 g/mol. The van der Waals surface area contributed by atoms with Crippen LogP contribution in [-0.4, -0.2) is 26.0 Å². The Morgan fingerprint density at radius 1 is 0.659 bits per heavy atom. The Hall–Kier alpha value is -5.21. The number of halogens is 1. The second kappa shape index (κ2) is 12.3. The van der Waals surface area contributed by atoms with Gasteiger partial charge in [0.25, 0.3) is 11.8 Å². The van der Waals surface area contributed by atoms with Gasteiger partial charge in [0.05, 0.1) is 25.6 Å². The molecule has 0 saturated carbocycles.